The second kappa shape index (κ2) is 9.73. The number of benzene rings is 1. The minimum Gasteiger partial charge on any atom is -0.436 e. The summed E-state index contributed by atoms with van der Waals surface area (Å²) in [5.41, 5.74) is 2.56. The van der Waals surface area contributed by atoms with Crippen LogP contribution in [0.1, 0.15) is 50.5 Å². The summed E-state index contributed by atoms with van der Waals surface area (Å²) in [5.74, 6) is 2.94. The van der Waals surface area contributed by atoms with Gasteiger partial charge in [-0.2, -0.15) is 0 Å². The van der Waals surface area contributed by atoms with E-state index in [2.05, 4.69) is 29.0 Å². The summed E-state index contributed by atoms with van der Waals surface area (Å²) in [6.07, 6.45) is 12.7. The second-order valence-electron chi connectivity index (χ2n) is 11.0. The van der Waals surface area contributed by atoms with E-state index in [0.29, 0.717) is 12.0 Å². The van der Waals surface area contributed by atoms with Crippen molar-refractivity contribution in [3.8, 4) is 12.3 Å². The predicted octanol–water partition coefficient (Wildman–Crippen LogP) is 3.92. The van der Waals surface area contributed by atoms with Gasteiger partial charge in [0.15, 0.2) is 6.61 Å². The van der Waals surface area contributed by atoms with Gasteiger partial charge in [-0.1, -0.05) is 24.1 Å². The fraction of sp³-hybridized carbons (Fsp3) is 0.643. The second-order valence-corrected chi connectivity index (χ2v) is 11.0. The van der Waals surface area contributed by atoms with Gasteiger partial charge in [0.2, 0.25) is 0 Å². The lowest BCUT2D eigenvalue weighted by atomic mass is 9.67. The first-order chi connectivity index (χ1) is 16.9. The zero-order valence-corrected chi connectivity index (χ0v) is 21.1. The van der Waals surface area contributed by atoms with Gasteiger partial charge in [0, 0.05) is 50.4 Å². The number of hydrogen-bond donors (Lipinski definition) is 0. The van der Waals surface area contributed by atoms with Crippen LogP contribution in [0.25, 0.3) is 0 Å². The quantitative estimate of drug-likeness (QED) is 0.605. The van der Waals surface area contributed by atoms with Crippen LogP contribution in [0.2, 0.25) is 0 Å². The molecule has 3 unspecified atom stereocenters. The topological polar surface area (TPSA) is 56.3 Å². The molecule has 4 aliphatic heterocycles. The molecule has 3 saturated heterocycles. The molecule has 4 heterocycles. The lowest BCUT2D eigenvalue weighted by Crippen LogP contribution is -2.52. The van der Waals surface area contributed by atoms with E-state index in [-0.39, 0.29) is 30.2 Å². The Kier molecular flexibility index (Phi) is 6.67. The van der Waals surface area contributed by atoms with E-state index >= 15 is 0 Å². The molecule has 1 saturated carbocycles. The normalized spacial score (nSPS) is 27.6. The molecule has 1 aliphatic carbocycles. The summed E-state index contributed by atoms with van der Waals surface area (Å²) >= 11 is 0. The molecule has 7 nitrogen and oxygen atoms in total. The van der Waals surface area contributed by atoms with Gasteiger partial charge in [-0.15, -0.1) is 6.42 Å². The zero-order chi connectivity index (χ0) is 24.6. The molecule has 35 heavy (non-hydrogen) atoms. The third kappa shape index (κ3) is 4.49. The summed E-state index contributed by atoms with van der Waals surface area (Å²) in [4.78, 5) is 33.7. The Hall–Kier alpha value is -2.72. The number of ether oxygens (including phenoxy) is 1. The van der Waals surface area contributed by atoms with Gasteiger partial charge in [0.05, 0.1) is 0 Å². The number of carbonyl (C=O) groups excluding carboxylic acids is 2. The average molecular weight is 479 g/mol. The first kappa shape index (κ1) is 24.0. The molecule has 188 valence electrons. The highest BCUT2D eigenvalue weighted by molar-refractivity contribution is 5.93. The Labute approximate surface area is 209 Å². The number of terminal acetylenes is 1. The monoisotopic (exact) mass is 478 g/mol. The first-order valence-corrected chi connectivity index (χ1v) is 13.1. The molecule has 5 aliphatic rings. The summed E-state index contributed by atoms with van der Waals surface area (Å²) in [5, 5.41) is 0. The third-order valence-corrected chi connectivity index (χ3v) is 8.93. The smallest absolute Gasteiger partial charge is 0.410 e. The van der Waals surface area contributed by atoms with E-state index in [1.807, 2.05) is 30.0 Å². The van der Waals surface area contributed by atoms with Crippen LogP contribution < -0.4 is 4.90 Å². The van der Waals surface area contributed by atoms with Crippen molar-refractivity contribution < 1.29 is 14.3 Å². The molecule has 4 fully saturated rings. The molecule has 1 aromatic rings. The molecule has 7 heteroatoms. The van der Waals surface area contributed by atoms with Gasteiger partial charge in [-0.05, 0) is 75.6 Å². The lowest BCUT2D eigenvalue weighted by molar-refractivity contribution is 0.0700. The highest BCUT2D eigenvalue weighted by atomic mass is 16.6. The van der Waals surface area contributed by atoms with Crippen LogP contribution in [0.3, 0.4) is 0 Å². The molecule has 1 aromatic carbocycles. The van der Waals surface area contributed by atoms with E-state index in [1.165, 1.54) is 12.0 Å². The number of urea groups is 1. The molecule has 2 bridgehead atoms. The van der Waals surface area contributed by atoms with E-state index in [4.69, 9.17) is 11.2 Å². The number of hydrogen-bond acceptors (Lipinski definition) is 4. The molecule has 0 aromatic heterocycles. The number of rotatable bonds is 2. The minimum atomic E-state index is -0.244. The number of fused-ring (bicyclic) bond motifs is 6. The number of nitrogens with zero attached hydrogens (tertiary/aromatic N) is 4. The Bertz CT molecular complexity index is 994. The maximum absolute atomic E-state index is 12.8. The van der Waals surface area contributed by atoms with E-state index in [0.717, 1.165) is 70.4 Å². The number of amides is 3. The summed E-state index contributed by atoms with van der Waals surface area (Å²) < 4.78 is 5.27. The molecule has 1 spiro atoms. The zero-order valence-electron chi connectivity index (χ0n) is 21.1. The maximum atomic E-state index is 12.8. The maximum Gasteiger partial charge on any atom is 0.410 e. The number of piperidine rings is 2. The summed E-state index contributed by atoms with van der Waals surface area (Å²) in [7, 11) is 3.65. The largest absolute Gasteiger partial charge is 0.436 e. The van der Waals surface area contributed by atoms with Crippen LogP contribution in [0.4, 0.5) is 15.3 Å². The average Bonchev–Trinajstić information content (AvgIpc) is 3.20. The molecule has 0 N–H and O–H groups in total. The van der Waals surface area contributed by atoms with Crippen molar-refractivity contribution in [1.82, 2.24) is 14.7 Å². The van der Waals surface area contributed by atoms with Crippen LogP contribution in [0, 0.1) is 18.3 Å². The van der Waals surface area contributed by atoms with E-state index < -0.39 is 0 Å². The summed E-state index contributed by atoms with van der Waals surface area (Å²) in [6.45, 7) is 3.76. The standard InChI is InChI=1S/C28H38N4O3/c1-4-17-35-27(34)32-20-21-9-10-22(32)19-23(18-21)30-14-11-28(12-15-30)13-16-31(26(33)29(2)3)25-8-6-5-7-24(25)28/h1,5-8,21-23H,9-20H2,2-3H3. The van der Waals surface area contributed by atoms with Gasteiger partial charge in [-0.3, -0.25) is 4.90 Å². The van der Waals surface area contributed by atoms with Crippen LogP contribution in [0.5, 0.6) is 0 Å². The van der Waals surface area contributed by atoms with Crippen molar-refractivity contribution in [2.24, 2.45) is 5.92 Å². The molecule has 6 rings (SSSR count). The van der Waals surface area contributed by atoms with Gasteiger partial charge in [-0.25, -0.2) is 9.59 Å². The SMILES string of the molecule is C#CCOC(=O)N1CC2CCC1CC(N1CCC3(CCN(C(=O)N(C)C)c4ccccc43)CC1)C2. The van der Waals surface area contributed by atoms with Gasteiger partial charge < -0.3 is 19.4 Å². The Morgan fingerprint density at radius 1 is 1.09 bits per heavy atom. The van der Waals surface area contributed by atoms with Crippen LogP contribution in [-0.4, -0.2) is 85.8 Å². The van der Waals surface area contributed by atoms with E-state index in [1.54, 1.807) is 4.90 Å². The van der Waals surface area contributed by atoms with Crippen molar-refractivity contribution in [2.45, 2.75) is 62.4 Å². The van der Waals surface area contributed by atoms with Crippen molar-refractivity contribution in [2.75, 3.05) is 51.8 Å². The van der Waals surface area contributed by atoms with Crippen LogP contribution in [0.15, 0.2) is 24.3 Å². The van der Waals surface area contributed by atoms with E-state index in [9.17, 15) is 9.59 Å². The molecule has 3 amide bonds. The van der Waals surface area contributed by atoms with Crippen molar-refractivity contribution >= 4 is 17.8 Å². The van der Waals surface area contributed by atoms with Gasteiger partial charge >= 0.3 is 12.1 Å². The number of anilines is 1. The van der Waals surface area contributed by atoms with Crippen LogP contribution >= 0.6 is 0 Å². The van der Waals surface area contributed by atoms with Crippen molar-refractivity contribution in [3.05, 3.63) is 29.8 Å². The number of para-hydroxylation sites is 1. The molecular formula is C28H38N4O3. The predicted molar refractivity (Wildman–Crippen MR) is 136 cm³/mol. The van der Waals surface area contributed by atoms with Crippen LogP contribution in [-0.2, 0) is 10.2 Å². The summed E-state index contributed by atoms with van der Waals surface area (Å²) in [6, 6.07) is 9.34. The first-order valence-electron chi connectivity index (χ1n) is 13.1. The fourth-order valence-corrected chi connectivity index (χ4v) is 7.06. The molecule has 3 atom stereocenters. The van der Waals surface area contributed by atoms with Crippen molar-refractivity contribution in [3.63, 3.8) is 0 Å². The lowest BCUT2D eigenvalue weighted by Gasteiger charge is -2.49. The van der Waals surface area contributed by atoms with Gasteiger partial charge in [0.25, 0.3) is 0 Å². The minimum absolute atomic E-state index is 0.0450. The highest BCUT2D eigenvalue weighted by Gasteiger charge is 2.46. The Morgan fingerprint density at radius 3 is 2.57 bits per heavy atom. The van der Waals surface area contributed by atoms with Gasteiger partial charge in [0.1, 0.15) is 0 Å². The highest BCUT2D eigenvalue weighted by Crippen LogP contribution is 2.47. The Balaban J connectivity index is 1.28. The number of likely N-dealkylation sites (tertiary alicyclic amines) is 1. The Morgan fingerprint density at radius 2 is 1.83 bits per heavy atom. The molecule has 0 radical (unpaired) electrons. The fourth-order valence-electron chi connectivity index (χ4n) is 7.06. The number of carbonyl (C=O) groups is 2. The third-order valence-electron chi connectivity index (χ3n) is 8.93. The van der Waals surface area contributed by atoms with Crippen molar-refractivity contribution in [1.29, 1.82) is 0 Å². The molecular weight excluding hydrogens is 440 g/mol.